The SMILES string of the molecule is FC(F)(F)c1cccc2c(-c3cccc(Br)c3)n(Cc3ccccc3)nc12. The van der Waals surface area contributed by atoms with Gasteiger partial charge >= 0.3 is 6.18 Å². The summed E-state index contributed by atoms with van der Waals surface area (Å²) in [5.41, 5.74) is 1.69. The normalized spacial score (nSPS) is 11.9. The van der Waals surface area contributed by atoms with Crippen LogP contribution < -0.4 is 0 Å². The second-order valence-corrected chi connectivity index (χ2v) is 7.12. The van der Waals surface area contributed by atoms with Gasteiger partial charge in [-0.25, -0.2) is 0 Å². The van der Waals surface area contributed by atoms with Crippen LogP contribution in [0.25, 0.3) is 22.2 Å². The molecule has 27 heavy (non-hydrogen) atoms. The minimum Gasteiger partial charge on any atom is -0.259 e. The van der Waals surface area contributed by atoms with Gasteiger partial charge in [-0.3, -0.25) is 4.68 Å². The Morgan fingerprint density at radius 2 is 1.63 bits per heavy atom. The first-order valence-corrected chi connectivity index (χ1v) is 9.09. The summed E-state index contributed by atoms with van der Waals surface area (Å²) in [5.74, 6) is 0. The zero-order valence-corrected chi connectivity index (χ0v) is 15.6. The monoisotopic (exact) mass is 430 g/mol. The van der Waals surface area contributed by atoms with Crippen molar-refractivity contribution in [2.45, 2.75) is 12.7 Å². The Morgan fingerprint density at radius 1 is 0.889 bits per heavy atom. The maximum absolute atomic E-state index is 13.5. The van der Waals surface area contributed by atoms with Crippen molar-refractivity contribution >= 4 is 26.8 Å². The van der Waals surface area contributed by atoms with Gasteiger partial charge in [0.15, 0.2) is 0 Å². The molecule has 1 heterocycles. The number of fused-ring (bicyclic) bond motifs is 1. The minimum atomic E-state index is -4.46. The quantitative estimate of drug-likeness (QED) is 0.361. The molecule has 0 aliphatic heterocycles. The number of alkyl halides is 3. The number of aromatic nitrogens is 2. The minimum absolute atomic E-state index is 0.0316. The molecule has 4 aromatic rings. The molecule has 6 heteroatoms. The van der Waals surface area contributed by atoms with Crippen LogP contribution in [0, 0.1) is 0 Å². The second kappa shape index (κ2) is 6.85. The van der Waals surface area contributed by atoms with E-state index in [1.807, 2.05) is 54.6 Å². The first kappa shape index (κ1) is 17.8. The van der Waals surface area contributed by atoms with Crippen molar-refractivity contribution in [1.29, 1.82) is 0 Å². The first-order chi connectivity index (χ1) is 12.9. The standard InChI is InChI=1S/C21H14BrF3N2/c22-16-9-4-8-15(12-16)20-17-10-5-11-18(21(23,24)25)19(17)26-27(20)13-14-6-2-1-3-7-14/h1-12H,13H2. The number of rotatable bonds is 3. The highest BCUT2D eigenvalue weighted by Crippen LogP contribution is 2.38. The van der Waals surface area contributed by atoms with Crippen molar-refractivity contribution < 1.29 is 13.2 Å². The van der Waals surface area contributed by atoms with Gasteiger partial charge in [0, 0.05) is 15.4 Å². The van der Waals surface area contributed by atoms with Gasteiger partial charge in [0.1, 0.15) is 5.52 Å². The highest BCUT2D eigenvalue weighted by atomic mass is 79.9. The van der Waals surface area contributed by atoms with E-state index in [1.165, 1.54) is 6.07 Å². The molecule has 0 fully saturated rings. The number of nitrogens with zero attached hydrogens (tertiary/aromatic N) is 2. The van der Waals surface area contributed by atoms with E-state index in [0.29, 0.717) is 17.6 Å². The summed E-state index contributed by atoms with van der Waals surface area (Å²) in [7, 11) is 0. The molecule has 0 bridgehead atoms. The smallest absolute Gasteiger partial charge is 0.259 e. The van der Waals surface area contributed by atoms with Crippen LogP contribution in [0.3, 0.4) is 0 Å². The first-order valence-electron chi connectivity index (χ1n) is 8.30. The summed E-state index contributed by atoms with van der Waals surface area (Å²) in [5, 5.41) is 4.85. The number of benzene rings is 3. The van der Waals surface area contributed by atoms with Crippen molar-refractivity contribution in [2.75, 3.05) is 0 Å². The van der Waals surface area contributed by atoms with Gasteiger partial charge in [0.05, 0.1) is 17.8 Å². The van der Waals surface area contributed by atoms with Gasteiger partial charge in [0.25, 0.3) is 0 Å². The lowest BCUT2D eigenvalue weighted by Crippen LogP contribution is -2.06. The summed E-state index contributed by atoms with van der Waals surface area (Å²) in [6, 6.07) is 21.3. The van der Waals surface area contributed by atoms with Gasteiger partial charge in [-0.05, 0) is 23.8 Å². The van der Waals surface area contributed by atoms with Crippen molar-refractivity contribution in [3.05, 3.63) is 88.4 Å². The van der Waals surface area contributed by atoms with Gasteiger partial charge in [-0.15, -0.1) is 0 Å². The third-order valence-corrected chi connectivity index (χ3v) is 4.84. The van der Waals surface area contributed by atoms with E-state index in [0.717, 1.165) is 21.7 Å². The predicted molar refractivity (Wildman–Crippen MR) is 103 cm³/mol. The molecule has 4 rings (SSSR count). The predicted octanol–water partition coefficient (Wildman–Crippen LogP) is 6.53. The fourth-order valence-corrected chi connectivity index (χ4v) is 3.59. The Labute approximate surface area is 162 Å². The molecule has 3 aromatic carbocycles. The largest absolute Gasteiger partial charge is 0.418 e. The summed E-state index contributed by atoms with van der Waals surface area (Å²) < 4.78 is 43.0. The number of halogens is 4. The summed E-state index contributed by atoms with van der Waals surface area (Å²) in [6.45, 7) is 0.384. The van der Waals surface area contributed by atoms with E-state index >= 15 is 0 Å². The molecule has 0 saturated heterocycles. The maximum Gasteiger partial charge on any atom is 0.418 e. The molecule has 1 aromatic heterocycles. The Morgan fingerprint density at radius 3 is 2.33 bits per heavy atom. The number of hydrogen-bond acceptors (Lipinski definition) is 1. The van der Waals surface area contributed by atoms with Gasteiger partial charge in [-0.1, -0.05) is 70.5 Å². The van der Waals surface area contributed by atoms with E-state index in [1.54, 1.807) is 10.7 Å². The zero-order chi connectivity index (χ0) is 19.0. The van der Waals surface area contributed by atoms with Gasteiger partial charge < -0.3 is 0 Å². The molecule has 0 atom stereocenters. The Hall–Kier alpha value is -2.60. The molecule has 136 valence electrons. The molecular weight excluding hydrogens is 417 g/mol. The van der Waals surface area contributed by atoms with E-state index < -0.39 is 11.7 Å². The molecule has 0 saturated carbocycles. The average Bonchev–Trinajstić information content (AvgIpc) is 2.99. The van der Waals surface area contributed by atoms with Crippen LogP contribution in [0.2, 0.25) is 0 Å². The molecule has 0 aliphatic rings. The van der Waals surface area contributed by atoms with Crippen LogP contribution >= 0.6 is 15.9 Å². The molecule has 0 aliphatic carbocycles. The summed E-state index contributed by atoms with van der Waals surface area (Å²) in [4.78, 5) is 0. The van der Waals surface area contributed by atoms with Crippen molar-refractivity contribution in [3.63, 3.8) is 0 Å². The van der Waals surface area contributed by atoms with Crippen LogP contribution in [0.1, 0.15) is 11.1 Å². The highest BCUT2D eigenvalue weighted by molar-refractivity contribution is 9.10. The number of hydrogen-bond donors (Lipinski definition) is 0. The highest BCUT2D eigenvalue weighted by Gasteiger charge is 2.34. The van der Waals surface area contributed by atoms with Crippen LogP contribution in [-0.2, 0) is 12.7 Å². The Kier molecular flexibility index (Phi) is 4.52. The van der Waals surface area contributed by atoms with Crippen molar-refractivity contribution in [1.82, 2.24) is 9.78 Å². The maximum atomic E-state index is 13.5. The summed E-state index contributed by atoms with van der Waals surface area (Å²) >= 11 is 3.44. The van der Waals surface area contributed by atoms with Crippen LogP contribution in [0.15, 0.2) is 77.3 Å². The van der Waals surface area contributed by atoms with Crippen LogP contribution in [-0.4, -0.2) is 9.78 Å². The van der Waals surface area contributed by atoms with Crippen molar-refractivity contribution in [2.24, 2.45) is 0 Å². The molecule has 2 nitrogen and oxygen atoms in total. The Bertz CT molecular complexity index is 1100. The zero-order valence-electron chi connectivity index (χ0n) is 14.0. The second-order valence-electron chi connectivity index (χ2n) is 6.20. The Balaban J connectivity index is 1.99. The van der Waals surface area contributed by atoms with Crippen molar-refractivity contribution in [3.8, 4) is 11.3 Å². The van der Waals surface area contributed by atoms with E-state index in [-0.39, 0.29) is 5.52 Å². The average molecular weight is 431 g/mol. The van der Waals surface area contributed by atoms with Gasteiger partial charge in [0.2, 0.25) is 0 Å². The van der Waals surface area contributed by atoms with Gasteiger partial charge in [-0.2, -0.15) is 18.3 Å². The molecule has 0 unspecified atom stereocenters. The topological polar surface area (TPSA) is 17.8 Å². The molecule has 0 radical (unpaired) electrons. The molecule has 0 N–H and O–H groups in total. The third-order valence-electron chi connectivity index (χ3n) is 4.35. The summed E-state index contributed by atoms with van der Waals surface area (Å²) in [6.07, 6.45) is -4.46. The van der Waals surface area contributed by atoms with E-state index in [2.05, 4.69) is 21.0 Å². The van der Waals surface area contributed by atoms with Crippen LogP contribution in [0.4, 0.5) is 13.2 Å². The molecule has 0 spiro atoms. The fraction of sp³-hybridized carbons (Fsp3) is 0.0952. The fourth-order valence-electron chi connectivity index (χ4n) is 3.19. The lowest BCUT2D eigenvalue weighted by atomic mass is 10.0. The van der Waals surface area contributed by atoms with E-state index in [9.17, 15) is 13.2 Å². The molecule has 0 amide bonds. The van der Waals surface area contributed by atoms with E-state index in [4.69, 9.17) is 0 Å². The van der Waals surface area contributed by atoms with Crippen LogP contribution in [0.5, 0.6) is 0 Å². The lowest BCUT2D eigenvalue weighted by Gasteiger charge is -2.09. The lowest BCUT2D eigenvalue weighted by molar-refractivity contribution is -0.136. The molecular formula is C21H14BrF3N2. The third kappa shape index (κ3) is 3.49.